The van der Waals surface area contributed by atoms with Crippen molar-refractivity contribution in [3.8, 4) is 0 Å². The summed E-state index contributed by atoms with van der Waals surface area (Å²) in [6.45, 7) is 11.3. The van der Waals surface area contributed by atoms with Crippen molar-refractivity contribution in [3.63, 3.8) is 0 Å². The molecule has 0 radical (unpaired) electrons. The molecule has 0 bridgehead atoms. The van der Waals surface area contributed by atoms with Gasteiger partial charge in [-0.25, -0.2) is 0 Å². The van der Waals surface area contributed by atoms with Crippen molar-refractivity contribution in [2.75, 3.05) is 31.5 Å². The Labute approximate surface area is 91.2 Å². The smallest absolute Gasteiger partial charge is 0.0107 e. The largest absolute Gasteiger partial charge is 0.313 e. The molecular formula is C10H23BrN2. The maximum Gasteiger partial charge on any atom is 0.0107 e. The molecule has 0 aromatic carbocycles. The molecule has 0 spiro atoms. The first-order valence-corrected chi connectivity index (χ1v) is 6.38. The van der Waals surface area contributed by atoms with E-state index < -0.39 is 0 Å². The molecule has 1 unspecified atom stereocenters. The second-order valence-electron chi connectivity index (χ2n) is 3.36. The first kappa shape index (κ1) is 13.4. The second kappa shape index (κ2) is 8.97. The van der Waals surface area contributed by atoms with Crippen LogP contribution in [0.4, 0.5) is 0 Å². The standard InChI is InChI=1S/C10H23BrN2/c1-4-13(5-2)9-8-12-10(3)6-7-11/h10,12H,4-9H2,1-3H3. The monoisotopic (exact) mass is 250 g/mol. The molecule has 0 aliphatic heterocycles. The molecule has 0 aliphatic carbocycles. The second-order valence-corrected chi connectivity index (χ2v) is 4.15. The zero-order valence-electron chi connectivity index (χ0n) is 9.15. The van der Waals surface area contributed by atoms with Crippen molar-refractivity contribution < 1.29 is 0 Å². The summed E-state index contributed by atoms with van der Waals surface area (Å²) in [7, 11) is 0. The molecule has 0 saturated heterocycles. The summed E-state index contributed by atoms with van der Waals surface area (Å²) < 4.78 is 0. The third-order valence-corrected chi connectivity index (χ3v) is 2.82. The predicted molar refractivity (Wildman–Crippen MR) is 63.7 cm³/mol. The van der Waals surface area contributed by atoms with E-state index >= 15 is 0 Å². The molecule has 0 aromatic heterocycles. The number of hydrogen-bond donors (Lipinski definition) is 1. The molecule has 0 saturated carbocycles. The zero-order valence-corrected chi connectivity index (χ0v) is 10.7. The van der Waals surface area contributed by atoms with E-state index in [9.17, 15) is 0 Å². The normalized spacial score (nSPS) is 13.6. The summed E-state index contributed by atoms with van der Waals surface area (Å²) in [5.74, 6) is 0. The van der Waals surface area contributed by atoms with Gasteiger partial charge in [-0.05, 0) is 26.4 Å². The van der Waals surface area contributed by atoms with Crippen molar-refractivity contribution in [3.05, 3.63) is 0 Å². The van der Waals surface area contributed by atoms with Crippen molar-refractivity contribution in [1.82, 2.24) is 10.2 Å². The Bertz CT molecular complexity index is 105. The third kappa shape index (κ3) is 7.47. The molecule has 0 aromatic rings. The van der Waals surface area contributed by atoms with E-state index in [1.807, 2.05) is 0 Å². The molecule has 13 heavy (non-hydrogen) atoms. The summed E-state index contributed by atoms with van der Waals surface area (Å²) in [6.07, 6.45) is 1.21. The summed E-state index contributed by atoms with van der Waals surface area (Å²) >= 11 is 3.45. The van der Waals surface area contributed by atoms with Gasteiger partial charge >= 0.3 is 0 Å². The van der Waals surface area contributed by atoms with E-state index in [2.05, 4.69) is 46.9 Å². The number of rotatable bonds is 8. The van der Waals surface area contributed by atoms with Gasteiger partial charge in [0.2, 0.25) is 0 Å². The molecule has 0 rings (SSSR count). The Hall–Kier alpha value is 0.400. The fourth-order valence-corrected chi connectivity index (χ4v) is 1.96. The van der Waals surface area contributed by atoms with Crippen LogP contribution in [-0.2, 0) is 0 Å². The van der Waals surface area contributed by atoms with Crippen LogP contribution in [0.25, 0.3) is 0 Å². The fraction of sp³-hybridized carbons (Fsp3) is 1.00. The van der Waals surface area contributed by atoms with Gasteiger partial charge in [0.15, 0.2) is 0 Å². The van der Waals surface area contributed by atoms with Crippen LogP contribution in [0.2, 0.25) is 0 Å². The summed E-state index contributed by atoms with van der Waals surface area (Å²) in [5, 5.41) is 4.60. The fourth-order valence-electron chi connectivity index (χ4n) is 1.27. The third-order valence-electron chi connectivity index (χ3n) is 2.36. The minimum Gasteiger partial charge on any atom is -0.313 e. The van der Waals surface area contributed by atoms with Crippen LogP contribution in [0.1, 0.15) is 27.2 Å². The summed E-state index contributed by atoms with van der Waals surface area (Å²) in [5.41, 5.74) is 0. The van der Waals surface area contributed by atoms with Crippen LogP contribution in [0.15, 0.2) is 0 Å². The van der Waals surface area contributed by atoms with Crippen molar-refractivity contribution in [1.29, 1.82) is 0 Å². The molecule has 2 nitrogen and oxygen atoms in total. The Balaban J connectivity index is 3.32. The summed E-state index contributed by atoms with van der Waals surface area (Å²) in [4.78, 5) is 2.44. The topological polar surface area (TPSA) is 15.3 Å². The van der Waals surface area contributed by atoms with Crippen LogP contribution in [0, 0.1) is 0 Å². The van der Waals surface area contributed by atoms with Gasteiger partial charge in [-0.2, -0.15) is 0 Å². The van der Waals surface area contributed by atoms with E-state index in [0.717, 1.165) is 25.0 Å². The molecule has 0 aliphatic rings. The predicted octanol–water partition coefficient (Wildman–Crippen LogP) is 2.09. The Kier molecular flexibility index (Phi) is 9.25. The van der Waals surface area contributed by atoms with E-state index in [4.69, 9.17) is 0 Å². The number of likely N-dealkylation sites (N-methyl/N-ethyl adjacent to an activating group) is 1. The van der Waals surface area contributed by atoms with Crippen molar-refractivity contribution in [2.45, 2.75) is 33.2 Å². The molecule has 1 atom stereocenters. The first-order valence-electron chi connectivity index (χ1n) is 5.26. The van der Waals surface area contributed by atoms with E-state index in [1.165, 1.54) is 13.0 Å². The highest BCUT2D eigenvalue weighted by Crippen LogP contribution is 1.94. The van der Waals surface area contributed by atoms with Crippen LogP contribution < -0.4 is 5.32 Å². The lowest BCUT2D eigenvalue weighted by atomic mass is 10.2. The quantitative estimate of drug-likeness (QED) is 0.664. The van der Waals surface area contributed by atoms with Gasteiger partial charge in [-0.1, -0.05) is 29.8 Å². The molecule has 3 heteroatoms. The van der Waals surface area contributed by atoms with E-state index in [0.29, 0.717) is 6.04 Å². The minimum atomic E-state index is 0.634. The highest BCUT2D eigenvalue weighted by atomic mass is 79.9. The Morgan fingerprint density at radius 3 is 2.38 bits per heavy atom. The summed E-state index contributed by atoms with van der Waals surface area (Å²) in [6, 6.07) is 0.634. The number of halogens is 1. The lowest BCUT2D eigenvalue weighted by Gasteiger charge is -2.20. The highest BCUT2D eigenvalue weighted by Gasteiger charge is 2.01. The lowest BCUT2D eigenvalue weighted by molar-refractivity contribution is 0.297. The van der Waals surface area contributed by atoms with Crippen LogP contribution >= 0.6 is 15.9 Å². The molecule has 0 heterocycles. The van der Waals surface area contributed by atoms with Crippen LogP contribution in [0.3, 0.4) is 0 Å². The van der Waals surface area contributed by atoms with Crippen LogP contribution in [-0.4, -0.2) is 42.5 Å². The van der Waals surface area contributed by atoms with Gasteiger partial charge in [-0.3, -0.25) is 0 Å². The number of hydrogen-bond acceptors (Lipinski definition) is 2. The van der Waals surface area contributed by atoms with Crippen molar-refractivity contribution >= 4 is 15.9 Å². The average Bonchev–Trinajstić information content (AvgIpc) is 2.13. The average molecular weight is 251 g/mol. The Morgan fingerprint density at radius 1 is 1.31 bits per heavy atom. The minimum absolute atomic E-state index is 0.634. The maximum absolute atomic E-state index is 3.51. The van der Waals surface area contributed by atoms with E-state index in [1.54, 1.807) is 0 Å². The maximum atomic E-state index is 3.51. The van der Waals surface area contributed by atoms with Gasteiger partial charge in [0, 0.05) is 24.5 Å². The van der Waals surface area contributed by atoms with Gasteiger partial charge in [0.25, 0.3) is 0 Å². The first-order chi connectivity index (χ1) is 6.24. The van der Waals surface area contributed by atoms with Crippen molar-refractivity contribution in [2.24, 2.45) is 0 Å². The number of nitrogens with one attached hydrogen (secondary N) is 1. The zero-order chi connectivity index (χ0) is 10.1. The number of alkyl halides is 1. The lowest BCUT2D eigenvalue weighted by Crippen LogP contribution is -2.36. The molecule has 80 valence electrons. The number of nitrogens with zero attached hydrogens (tertiary/aromatic N) is 1. The van der Waals surface area contributed by atoms with Gasteiger partial charge in [-0.15, -0.1) is 0 Å². The highest BCUT2D eigenvalue weighted by molar-refractivity contribution is 9.09. The molecule has 1 N–H and O–H groups in total. The van der Waals surface area contributed by atoms with Gasteiger partial charge < -0.3 is 10.2 Å². The Morgan fingerprint density at radius 2 is 1.92 bits per heavy atom. The molecule has 0 amide bonds. The van der Waals surface area contributed by atoms with Gasteiger partial charge in [0.1, 0.15) is 0 Å². The van der Waals surface area contributed by atoms with Gasteiger partial charge in [0.05, 0.1) is 0 Å². The van der Waals surface area contributed by atoms with E-state index in [-0.39, 0.29) is 0 Å². The molecular weight excluding hydrogens is 228 g/mol. The van der Waals surface area contributed by atoms with Crippen LogP contribution in [0.5, 0.6) is 0 Å². The SMILES string of the molecule is CCN(CC)CCNC(C)CCBr. The molecule has 0 fully saturated rings.